The van der Waals surface area contributed by atoms with Crippen LogP contribution in [0.3, 0.4) is 0 Å². The number of carbonyl (C=O) groups is 1. The van der Waals surface area contributed by atoms with E-state index in [2.05, 4.69) is 21.9 Å². The van der Waals surface area contributed by atoms with Crippen molar-refractivity contribution in [1.82, 2.24) is 10.2 Å². The Hall–Kier alpha value is -1.97. The molecule has 2 rings (SSSR count). The maximum Gasteiger partial charge on any atom is 0.278 e. The summed E-state index contributed by atoms with van der Waals surface area (Å²) in [6.45, 7) is 3.19. The number of fused-ring (bicyclic) bond motifs is 1. The number of rotatable bonds is 1. The number of hydrogen-bond acceptors (Lipinski definition) is 2. The van der Waals surface area contributed by atoms with E-state index in [9.17, 15) is 4.79 Å². The van der Waals surface area contributed by atoms with Gasteiger partial charge in [-0.15, -0.1) is 0 Å². The Morgan fingerprint density at radius 3 is 3.15 bits per heavy atom. The SMILES string of the molecule is C=NC(=O)c1cccc2cn[nH]c12. The highest BCUT2D eigenvalue weighted by Crippen LogP contribution is 2.15. The maximum atomic E-state index is 11.2. The lowest BCUT2D eigenvalue weighted by molar-refractivity contribution is 0.100. The standard InChI is InChI=1S/C9H7N3O/c1-10-9(13)7-4-2-3-6-5-11-12-8(6)7/h2-5H,1H2,(H,11,12). The predicted molar refractivity (Wildman–Crippen MR) is 50.0 cm³/mol. The summed E-state index contributed by atoms with van der Waals surface area (Å²) in [5, 5.41) is 7.48. The normalized spacial score (nSPS) is 10.2. The van der Waals surface area contributed by atoms with E-state index in [1.54, 1.807) is 18.3 Å². The van der Waals surface area contributed by atoms with Crippen molar-refractivity contribution < 1.29 is 4.79 Å². The van der Waals surface area contributed by atoms with E-state index in [1.165, 1.54) is 0 Å². The number of benzene rings is 1. The quantitative estimate of drug-likeness (QED) is 0.662. The zero-order chi connectivity index (χ0) is 9.26. The Morgan fingerprint density at radius 2 is 2.38 bits per heavy atom. The first-order chi connectivity index (χ1) is 6.33. The number of hydrogen-bond donors (Lipinski definition) is 1. The second-order valence-corrected chi connectivity index (χ2v) is 2.60. The van der Waals surface area contributed by atoms with E-state index in [0.29, 0.717) is 11.1 Å². The molecule has 1 N–H and O–H groups in total. The van der Waals surface area contributed by atoms with E-state index in [4.69, 9.17) is 0 Å². The lowest BCUT2D eigenvalue weighted by Crippen LogP contribution is -1.94. The van der Waals surface area contributed by atoms with Gasteiger partial charge >= 0.3 is 0 Å². The molecule has 0 unspecified atom stereocenters. The highest BCUT2D eigenvalue weighted by atomic mass is 16.1. The van der Waals surface area contributed by atoms with Gasteiger partial charge in [0, 0.05) is 5.39 Å². The van der Waals surface area contributed by atoms with Gasteiger partial charge in [0.05, 0.1) is 17.3 Å². The lowest BCUT2D eigenvalue weighted by Gasteiger charge is -1.95. The molecule has 0 bridgehead atoms. The van der Waals surface area contributed by atoms with Crippen molar-refractivity contribution in [2.24, 2.45) is 4.99 Å². The molecule has 0 aliphatic rings. The Morgan fingerprint density at radius 1 is 1.54 bits per heavy atom. The fourth-order valence-corrected chi connectivity index (χ4v) is 1.23. The molecule has 0 saturated carbocycles. The zero-order valence-corrected chi connectivity index (χ0v) is 6.82. The van der Waals surface area contributed by atoms with Crippen molar-refractivity contribution in [3.8, 4) is 0 Å². The van der Waals surface area contributed by atoms with Gasteiger partial charge in [-0.1, -0.05) is 12.1 Å². The number of amides is 1. The summed E-state index contributed by atoms with van der Waals surface area (Å²) in [5.74, 6) is -0.338. The van der Waals surface area contributed by atoms with Gasteiger partial charge in [-0.3, -0.25) is 9.89 Å². The zero-order valence-electron chi connectivity index (χ0n) is 6.82. The summed E-state index contributed by atoms with van der Waals surface area (Å²) in [6, 6.07) is 5.35. The molecule has 0 radical (unpaired) electrons. The van der Waals surface area contributed by atoms with Gasteiger partial charge in [-0.25, -0.2) is 4.99 Å². The summed E-state index contributed by atoms with van der Waals surface area (Å²) in [5.41, 5.74) is 1.21. The molecule has 0 saturated heterocycles. The number of H-pyrrole nitrogens is 1. The molecule has 0 atom stereocenters. The van der Waals surface area contributed by atoms with Gasteiger partial charge in [0.25, 0.3) is 5.91 Å². The van der Waals surface area contributed by atoms with Gasteiger partial charge in [-0.05, 0) is 12.8 Å². The molecule has 0 aliphatic carbocycles. The van der Waals surface area contributed by atoms with Crippen LogP contribution in [-0.4, -0.2) is 22.8 Å². The minimum Gasteiger partial charge on any atom is -0.277 e. The topological polar surface area (TPSA) is 58.1 Å². The van der Waals surface area contributed by atoms with Crippen molar-refractivity contribution >= 4 is 23.5 Å². The molecule has 1 aromatic heterocycles. The molecule has 2 aromatic rings. The van der Waals surface area contributed by atoms with Crippen LogP contribution in [-0.2, 0) is 0 Å². The number of nitrogens with one attached hydrogen (secondary N) is 1. The molecular formula is C9H7N3O. The van der Waals surface area contributed by atoms with Crippen LogP contribution >= 0.6 is 0 Å². The summed E-state index contributed by atoms with van der Waals surface area (Å²) >= 11 is 0. The van der Waals surface area contributed by atoms with Crippen LogP contribution in [0.4, 0.5) is 0 Å². The largest absolute Gasteiger partial charge is 0.278 e. The molecule has 0 spiro atoms. The van der Waals surface area contributed by atoms with Crippen molar-refractivity contribution in [1.29, 1.82) is 0 Å². The third-order valence-electron chi connectivity index (χ3n) is 1.85. The fraction of sp³-hybridized carbons (Fsp3) is 0. The lowest BCUT2D eigenvalue weighted by atomic mass is 10.1. The average molecular weight is 173 g/mol. The smallest absolute Gasteiger partial charge is 0.277 e. The van der Waals surface area contributed by atoms with E-state index in [1.807, 2.05) is 6.07 Å². The summed E-state index contributed by atoms with van der Waals surface area (Å²) in [6.07, 6.45) is 1.66. The number of aromatic nitrogens is 2. The molecule has 1 heterocycles. The summed E-state index contributed by atoms with van der Waals surface area (Å²) in [4.78, 5) is 14.6. The van der Waals surface area contributed by atoms with Crippen LogP contribution in [0.25, 0.3) is 10.9 Å². The summed E-state index contributed by atoms with van der Waals surface area (Å²) in [7, 11) is 0. The minimum atomic E-state index is -0.338. The van der Waals surface area contributed by atoms with Gasteiger partial charge in [0.1, 0.15) is 0 Å². The van der Waals surface area contributed by atoms with E-state index in [-0.39, 0.29) is 5.91 Å². The highest BCUT2D eigenvalue weighted by molar-refractivity contribution is 6.06. The second-order valence-electron chi connectivity index (χ2n) is 2.60. The number of aliphatic imine (C=N–C) groups is 1. The van der Waals surface area contributed by atoms with Crippen LogP contribution < -0.4 is 0 Å². The first-order valence-electron chi connectivity index (χ1n) is 3.76. The first-order valence-corrected chi connectivity index (χ1v) is 3.76. The minimum absolute atomic E-state index is 0.338. The van der Waals surface area contributed by atoms with Crippen molar-refractivity contribution in [3.63, 3.8) is 0 Å². The number of nitrogens with zero attached hydrogens (tertiary/aromatic N) is 2. The molecule has 4 heteroatoms. The van der Waals surface area contributed by atoms with Crippen LogP contribution in [0.15, 0.2) is 29.4 Å². The third-order valence-corrected chi connectivity index (χ3v) is 1.85. The van der Waals surface area contributed by atoms with Crippen LogP contribution in [0.2, 0.25) is 0 Å². The number of aromatic amines is 1. The Labute approximate surface area is 74.3 Å². The Balaban J connectivity index is 2.74. The monoisotopic (exact) mass is 173 g/mol. The van der Waals surface area contributed by atoms with Gasteiger partial charge in [0.15, 0.2) is 0 Å². The molecular weight excluding hydrogens is 166 g/mol. The van der Waals surface area contributed by atoms with Gasteiger partial charge in [-0.2, -0.15) is 5.10 Å². The van der Waals surface area contributed by atoms with Gasteiger partial charge in [0.2, 0.25) is 0 Å². The van der Waals surface area contributed by atoms with Crippen molar-refractivity contribution in [2.75, 3.05) is 0 Å². The molecule has 13 heavy (non-hydrogen) atoms. The van der Waals surface area contributed by atoms with Crippen molar-refractivity contribution in [2.45, 2.75) is 0 Å². The number of carbonyl (C=O) groups excluding carboxylic acids is 1. The molecule has 1 amide bonds. The Bertz CT molecular complexity index is 472. The number of para-hydroxylation sites is 1. The molecule has 4 nitrogen and oxygen atoms in total. The van der Waals surface area contributed by atoms with Crippen LogP contribution in [0, 0.1) is 0 Å². The van der Waals surface area contributed by atoms with E-state index >= 15 is 0 Å². The Kier molecular flexibility index (Phi) is 1.66. The van der Waals surface area contributed by atoms with Crippen molar-refractivity contribution in [3.05, 3.63) is 30.0 Å². The highest BCUT2D eigenvalue weighted by Gasteiger charge is 2.08. The van der Waals surface area contributed by atoms with Crippen LogP contribution in [0.1, 0.15) is 10.4 Å². The third kappa shape index (κ3) is 1.12. The maximum absolute atomic E-state index is 11.2. The molecule has 0 fully saturated rings. The van der Waals surface area contributed by atoms with E-state index in [0.717, 1.165) is 5.39 Å². The molecule has 1 aromatic carbocycles. The first kappa shape index (κ1) is 7.67. The molecule has 64 valence electrons. The average Bonchev–Trinajstić information content (AvgIpc) is 2.63. The summed E-state index contributed by atoms with van der Waals surface area (Å²) < 4.78 is 0. The van der Waals surface area contributed by atoms with Crippen LogP contribution in [0.5, 0.6) is 0 Å². The van der Waals surface area contributed by atoms with Gasteiger partial charge < -0.3 is 0 Å². The predicted octanol–water partition coefficient (Wildman–Crippen LogP) is 1.40. The van der Waals surface area contributed by atoms with E-state index < -0.39 is 0 Å². The molecule has 0 aliphatic heterocycles. The second kappa shape index (κ2) is 2.82. The fourth-order valence-electron chi connectivity index (χ4n) is 1.23.